The Kier molecular flexibility index (Phi) is 4.27. The van der Waals surface area contributed by atoms with E-state index in [2.05, 4.69) is 63.9 Å². The summed E-state index contributed by atoms with van der Waals surface area (Å²) in [6, 6.07) is 6.67. The summed E-state index contributed by atoms with van der Waals surface area (Å²) in [6.07, 6.45) is 1.12. The van der Waals surface area contributed by atoms with Gasteiger partial charge >= 0.3 is 0 Å². The average molecular weight is 380 g/mol. The van der Waals surface area contributed by atoms with E-state index in [9.17, 15) is 0 Å². The minimum atomic E-state index is 0.341. The Morgan fingerprint density at radius 3 is 2.50 bits per heavy atom. The summed E-state index contributed by atoms with van der Waals surface area (Å²) in [7, 11) is 0. The van der Waals surface area contributed by atoms with Crippen LogP contribution >= 0.6 is 54.5 Å². The predicted molar refractivity (Wildman–Crippen MR) is 81.2 cm³/mol. The molecule has 0 radical (unpaired) electrons. The monoisotopic (exact) mass is 378 g/mol. The van der Waals surface area contributed by atoms with Gasteiger partial charge < -0.3 is 0 Å². The standard InChI is InChI=1S/C12H12Br2S2/c1-3-8-4-5-10(16-8)12(14)11-6-9(13)7(2)15-11/h4-6,12H,3H2,1-2H3. The van der Waals surface area contributed by atoms with Gasteiger partial charge in [-0.25, -0.2) is 0 Å². The maximum Gasteiger partial charge on any atom is 0.0831 e. The molecule has 86 valence electrons. The van der Waals surface area contributed by atoms with E-state index in [1.54, 1.807) is 0 Å². The molecule has 0 N–H and O–H groups in total. The van der Waals surface area contributed by atoms with Gasteiger partial charge in [-0.2, -0.15) is 0 Å². The lowest BCUT2D eigenvalue weighted by Crippen LogP contribution is -1.83. The summed E-state index contributed by atoms with van der Waals surface area (Å²) in [5, 5.41) is 0. The summed E-state index contributed by atoms with van der Waals surface area (Å²) in [5.41, 5.74) is 0. The van der Waals surface area contributed by atoms with Gasteiger partial charge in [-0.1, -0.05) is 22.9 Å². The molecule has 2 aromatic heterocycles. The molecule has 2 rings (SSSR count). The Morgan fingerprint density at radius 2 is 2.00 bits per heavy atom. The van der Waals surface area contributed by atoms with Gasteiger partial charge in [0, 0.05) is 24.0 Å². The SMILES string of the molecule is CCc1ccc(C(Br)c2cc(Br)c(C)s2)s1. The molecule has 0 bridgehead atoms. The van der Waals surface area contributed by atoms with Crippen LogP contribution in [0.15, 0.2) is 22.7 Å². The number of alkyl halides is 1. The van der Waals surface area contributed by atoms with Gasteiger partial charge in [0.1, 0.15) is 0 Å². The number of thiophene rings is 2. The zero-order valence-corrected chi connectivity index (χ0v) is 13.9. The van der Waals surface area contributed by atoms with Gasteiger partial charge in [-0.3, -0.25) is 0 Å². The van der Waals surface area contributed by atoms with Crippen molar-refractivity contribution in [3.63, 3.8) is 0 Å². The van der Waals surface area contributed by atoms with Crippen molar-refractivity contribution in [3.8, 4) is 0 Å². The molecule has 2 heterocycles. The summed E-state index contributed by atoms with van der Waals surface area (Å²) in [4.78, 5) is 5.89. The van der Waals surface area contributed by atoms with Crippen molar-refractivity contribution in [1.82, 2.24) is 0 Å². The first-order valence-corrected chi connectivity index (χ1v) is 8.44. The van der Waals surface area contributed by atoms with Crippen LogP contribution in [-0.4, -0.2) is 0 Å². The minimum Gasteiger partial charge on any atom is -0.144 e. The molecule has 16 heavy (non-hydrogen) atoms. The second-order valence-electron chi connectivity index (χ2n) is 3.57. The van der Waals surface area contributed by atoms with E-state index in [4.69, 9.17) is 0 Å². The lowest BCUT2D eigenvalue weighted by molar-refractivity contribution is 1.19. The fraction of sp³-hybridized carbons (Fsp3) is 0.333. The third kappa shape index (κ3) is 2.61. The zero-order valence-electron chi connectivity index (χ0n) is 9.09. The quantitative estimate of drug-likeness (QED) is 0.580. The Morgan fingerprint density at radius 1 is 1.25 bits per heavy atom. The van der Waals surface area contributed by atoms with Gasteiger partial charge in [-0.05, 0) is 47.5 Å². The smallest absolute Gasteiger partial charge is 0.0831 e. The van der Waals surface area contributed by atoms with Gasteiger partial charge in [0.25, 0.3) is 0 Å². The maximum atomic E-state index is 3.78. The minimum absolute atomic E-state index is 0.341. The largest absolute Gasteiger partial charge is 0.144 e. The molecular formula is C12H12Br2S2. The van der Waals surface area contributed by atoms with Gasteiger partial charge in [0.05, 0.1) is 4.83 Å². The van der Waals surface area contributed by atoms with Crippen molar-refractivity contribution in [2.75, 3.05) is 0 Å². The van der Waals surface area contributed by atoms with Crippen LogP contribution in [0.3, 0.4) is 0 Å². The highest BCUT2D eigenvalue weighted by molar-refractivity contribution is 9.10. The van der Waals surface area contributed by atoms with Gasteiger partial charge in [0.2, 0.25) is 0 Å². The topological polar surface area (TPSA) is 0 Å². The van der Waals surface area contributed by atoms with E-state index in [1.165, 1.54) is 24.0 Å². The number of hydrogen-bond donors (Lipinski definition) is 0. The van der Waals surface area contributed by atoms with E-state index in [0.29, 0.717) is 4.83 Å². The maximum absolute atomic E-state index is 3.78. The second kappa shape index (κ2) is 5.34. The number of halogens is 2. The van der Waals surface area contributed by atoms with Crippen LogP contribution in [0.5, 0.6) is 0 Å². The van der Waals surface area contributed by atoms with E-state index < -0.39 is 0 Å². The molecule has 0 nitrogen and oxygen atoms in total. The van der Waals surface area contributed by atoms with Crippen LogP contribution in [0, 0.1) is 6.92 Å². The molecule has 0 amide bonds. The predicted octanol–water partition coefficient (Wildman–Crippen LogP) is 5.93. The van der Waals surface area contributed by atoms with Crippen molar-refractivity contribution < 1.29 is 0 Å². The summed E-state index contributed by atoms with van der Waals surface area (Å²) in [5.74, 6) is 0. The Balaban J connectivity index is 2.27. The first-order chi connectivity index (χ1) is 7.61. The highest BCUT2D eigenvalue weighted by atomic mass is 79.9. The molecule has 0 fully saturated rings. The van der Waals surface area contributed by atoms with E-state index in [1.807, 2.05) is 22.7 Å². The average Bonchev–Trinajstić information content (AvgIpc) is 2.86. The number of aryl methyl sites for hydroxylation is 2. The molecule has 0 spiro atoms. The molecule has 0 aliphatic rings. The van der Waals surface area contributed by atoms with Crippen LogP contribution < -0.4 is 0 Å². The van der Waals surface area contributed by atoms with E-state index in [-0.39, 0.29) is 0 Å². The first kappa shape index (κ1) is 12.8. The third-order valence-corrected chi connectivity index (χ3v) is 7.50. The van der Waals surface area contributed by atoms with Crippen molar-refractivity contribution in [2.24, 2.45) is 0 Å². The van der Waals surface area contributed by atoms with Crippen LogP contribution in [0.1, 0.15) is 31.3 Å². The van der Waals surface area contributed by atoms with Crippen molar-refractivity contribution in [1.29, 1.82) is 0 Å². The Bertz CT molecular complexity index is 465. The fourth-order valence-corrected chi connectivity index (χ4v) is 4.90. The van der Waals surface area contributed by atoms with Crippen LogP contribution in [0.2, 0.25) is 0 Å². The lowest BCUT2D eigenvalue weighted by Gasteiger charge is -2.03. The number of rotatable bonds is 3. The molecule has 2 aromatic rings. The summed E-state index contributed by atoms with van der Waals surface area (Å²) >= 11 is 11.1. The fourth-order valence-electron chi connectivity index (χ4n) is 1.47. The van der Waals surface area contributed by atoms with E-state index >= 15 is 0 Å². The third-order valence-electron chi connectivity index (χ3n) is 2.41. The van der Waals surface area contributed by atoms with Gasteiger partial charge in [-0.15, -0.1) is 22.7 Å². The Labute approximate surface area is 121 Å². The highest BCUT2D eigenvalue weighted by Gasteiger charge is 2.16. The van der Waals surface area contributed by atoms with Crippen molar-refractivity contribution in [2.45, 2.75) is 25.1 Å². The van der Waals surface area contributed by atoms with Crippen LogP contribution in [-0.2, 0) is 6.42 Å². The van der Waals surface area contributed by atoms with Crippen LogP contribution in [0.25, 0.3) is 0 Å². The van der Waals surface area contributed by atoms with E-state index in [0.717, 1.165) is 6.42 Å². The second-order valence-corrected chi connectivity index (χ2v) is 7.83. The highest BCUT2D eigenvalue weighted by Crippen LogP contribution is 2.41. The molecule has 1 atom stereocenters. The summed E-state index contributed by atoms with van der Waals surface area (Å²) < 4.78 is 1.21. The molecule has 1 unspecified atom stereocenters. The molecule has 0 saturated carbocycles. The molecule has 0 aromatic carbocycles. The molecule has 0 aliphatic carbocycles. The van der Waals surface area contributed by atoms with Gasteiger partial charge in [0.15, 0.2) is 0 Å². The lowest BCUT2D eigenvalue weighted by atomic mass is 10.3. The molecule has 0 saturated heterocycles. The molecule has 4 heteroatoms. The normalized spacial score (nSPS) is 13.0. The zero-order chi connectivity index (χ0) is 11.7. The molecular weight excluding hydrogens is 368 g/mol. The molecule has 0 aliphatic heterocycles. The van der Waals surface area contributed by atoms with Crippen molar-refractivity contribution >= 4 is 54.5 Å². The van der Waals surface area contributed by atoms with Crippen molar-refractivity contribution in [3.05, 3.63) is 42.2 Å². The first-order valence-electron chi connectivity index (χ1n) is 5.10. The summed E-state index contributed by atoms with van der Waals surface area (Å²) in [6.45, 7) is 4.34. The van der Waals surface area contributed by atoms with Crippen LogP contribution in [0.4, 0.5) is 0 Å². The Hall–Kier alpha value is 0.360. The number of hydrogen-bond acceptors (Lipinski definition) is 2.